The summed E-state index contributed by atoms with van der Waals surface area (Å²) >= 11 is 0. The van der Waals surface area contributed by atoms with E-state index < -0.39 is 0 Å². The van der Waals surface area contributed by atoms with E-state index in [9.17, 15) is 4.39 Å². The molecule has 0 bridgehead atoms. The minimum atomic E-state index is -0.246. The molecule has 0 saturated carbocycles. The van der Waals surface area contributed by atoms with Gasteiger partial charge in [-0.2, -0.15) is 15.4 Å². The molecule has 5 heteroatoms. The number of H-pyrrole nitrogens is 1. The Balaban J connectivity index is 2.33. The molecule has 4 nitrogen and oxygen atoms in total. The molecule has 1 heterocycles. The van der Waals surface area contributed by atoms with Gasteiger partial charge in [-0.25, -0.2) is 4.39 Å². The largest absolute Gasteiger partial charge is 0.305 e. The normalized spacial score (nSPS) is 12.6. The number of nitrogens with one attached hydrogen (secondary N) is 2. The fourth-order valence-electron chi connectivity index (χ4n) is 1.63. The number of nitrogens with zero attached hydrogens (tertiary/aromatic N) is 2. The fraction of sp³-hybridized carbons (Fsp3) is 0.273. The van der Waals surface area contributed by atoms with Crippen molar-refractivity contribution in [3.8, 4) is 0 Å². The van der Waals surface area contributed by atoms with Gasteiger partial charge in [-0.1, -0.05) is 19.1 Å². The Labute approximate surface area is 92.9 Å². The highest BCUT2D eigenvalue weighted by molar-refractivity contribution is 5.26. The number of aromatic amines is 1. The van der Waals surface area contributed by atoms with E-state index >= 15 is 0 Å². The summed E-state index contributed by atoms with van der Waals surface area (Å²) in [5.41, 5.74) is 1.60. The van der Waals surface area contributed by atoms with Crippen molar-refractivity contribution < 1.29 is 4.39 Å². The maximum atomic E-state index is 13.1. The van der Waals surface area contributed by atoms with Crippen LogP contribution in [0, 0.1) is 5.82 Å². The summed E-state index contributed by atoms with van der Waals surface area (Å²) in [7, 11) is 0. The molecule has 1 aromatic carbocycles. The lowest BCUT2D eigenvalue weighted by atomic mass is 10.0. The zero-order valence-electron chi connectivity index (χ0n) is 8.94. The molecule has 2 aromatic rings. The third-order valence-corrected chi connectivity index (χ3v) is 2.32. The van der Waals surface area contributed by atoms with Crippen LogP contribution in [0.3, 0.4) is 0 Å². The van der Waals surface area contributed by atoms with Crippen molar-refractivity contribution in [1.29, 1.82) is 0 Å². The summed E-state index contributed by atoms with van der Waals surface area (Å²) in [6, 6.07) is 6.36. The zero-order chi connectivity index (χ0) is 11.4. The second-order valence-electron chi connectivity index (χ2n) is 3.44. The summed E-state index contributed by atoms with van der Waals surface area (Å²) < 4.78 is 13.1. The number of hydrogen-bond acceptors (Lipinski definition) is 3. The first-order chi connectivity index (χ1) is 7.81. The van der Waals surface area contributed by atoms with Gasteiger partial charge in [0, 0.05) is 0 Å². The Hall–Kier alpha value is -1.75. The molecule has 0 aliphatic rings. The molecule has 2 N–H and O–H groups in total. The highest BCUT2D eigenvalue weighted by atomic mass is 19.1. The molecule has 0 aliphatic heterocycles. The van der Waals surface area contributed by atoms with Crippen LogP contribution in [0.2, 0.25) is 0 Å². The molecule has 0 aliphatic carbocycles. The average Bonchev–Trinajstić information content (AvgIpc) is 2.79. The first kappa shape index (κ1) is 10.8. The van der Waals surface area contributed by atoms with Gasteiger partial charge in [-0.15, -0.1) is 0 Å². The Morgan fingerprint density at radius 2 is 2.38 bits per heavy atom. The minimum absolute atomic E-state index is 0.126. The van der Waals surface area contributed by atoms with Gasteiger partial charge >= 0.3 is 0 Å². The van der Waals surface area contributed by atoms with Crippen LogP contribution in [-0.4, -0.2) is 22.0 Å². The smallest absolute Gasteiger partial charge is 0.123 e. The number of benzene rings is 1. The van der Waals surface area contributed by atoms with Crippen molar-refractivity contribution in [2.75, 3.05) is 6.54 Å². The maximum absolute atomic E-state index is 13.1. The Morgan fingerprint density at radius 1 is 1.50 bits per heavy atom. The molecule has 0 fully saturated rings. The minimum Gasteiger partial charge on any atom is -0.305 e. The van der Waals surface area contributed by atoms with E-state index in [4.69, 9.17) is 0 Å². The molecular weight excluding hydrogens is 207 g/mol. The molecule has 1 aromatic heterocycles. The summed E-state index contributed by atoms with van der Waals surface area (Å²) in [6.45, 7) is 2.76. The Morgan fingerprint density at radius 3 is 3.00 bits per heavy atom. The van der Waals surface area contributed by atoms with Crippen molar-refractivity contribution >= 4 is 0 Å². The van der Waals surface area contributed by atoms with E-state index in [0.717, 1.165) is 17.8 Å². The zero-order valence-corrected chi connectivity index (χ0v) is 8.94. The van der Waals surface area contributed by atoms with Gasteiger partial charge in [0.05, 0.1) is 12.2 Å². The van der Waals surface area contributed by atoms with Crippen LogP contribution in [-0.2, 0) is 0 Å². The van der Waals surface area contributed by atoms with Gasteiger partial charge in [0.25, 0.3) is 0 Å². The van der Waals surface area contributed by atoms with Gasteiger partial charge < -0.3 is 5.32 Å². The standard InChI is InChI=1S/C11H13FN4/c1-2-13-11(10-7-14-16-15-10)8-4-3-5-9(12)6-8/h3-7,11,13H,2H2,1H3,(H,14,15,16). The van der Waals surface area contributed by atoms with Crippen molar-refractivity contribution in [3.05, 3.63) is 47.5 Å². The topological polar surface area (TPSA) is 53.6 Å². The highest BCUT2D eigenvalue weighted by Gasteiger charge is 2.15. The Kier molecular flexibility index (Phi) is 3.26. The van der Waals surface area contributed by atoms with Crippen LogP contribution in [0.4, 0.5) is 4.39 Å². The van der Waals surface area contributed by atoms with E-state index in [1.54, 1.807) is 12.3 Å². The summed E-state index contributed by atoms with van der Waals surface area (Å²) in [4.78, 5) is 0. The van der Waals surface area contributed by atoms with E-state index in [0.29, 0.717) is 0 Å². The lowest BCUT2D eigenvalue weighted by Crippen LogP contribution is -2.22. The molecule has 0 radical (unpaired) electrons. The molecule has 16 heavy (non-hydrogen) atoms. The van der Waals surface area contributed by atoms with E-state index in [-0.39, 0.29) is 11.9 Å². The van der Waals surface area contributed by atoms with Gasteiger partial charge in [-0.05, 0) is 24.2 Å². The lowest BCUT2D eigenvalue weighted by Gasteiger charge is -2.15. The molecular formula is C11H13FN4. The average molecular weight is 220 g/mol. The van der Waals surface area contributed by atoms with E-state index in [2.05, 4.69) is 20.7 Å². The highest BCUT2D eigenvalue weighted by Crippen LogP contribution is 2.19. The van der Waals surface area contributed by atoms with Crippen LogP contribution in [0.5, 0.6) is 0 Å². The van der Waals surface area contributed by atoms with Gasteiger partial charge in [0.2, 0.25) is 0 Å². The van der Waals surface area contributed by atoms with E-state index in [1.807, 2.05) is 13.0 Å². The summed E-state index contributed by atoms with van der Waals surface area (Å²) in [6.07, 6.45) is 1.64. The van der Waals surface area contributed by atoms with Gasteiger partial charge in [0.15, 0.2) is 0 Å². The summed E-state index contributed by atoms with van der Waals surface area (Å²) in [5.74, 6) is -0.246. The maximum Gasteiger partial charge on any atom is 0.123 e. The predicted molar refractivity (Wildman–Crippen MR) is 58.3 cm³/mol. The third-order valence-electron chi connectivity index (χ3n) is 2.32. The monoisotopic (exact) mass is 220 g/mol. The van der Waals surface area contributed by atoms with Crippen molar-refractivity contribution in [2.45, 2.75) is 13.0 Å². The van der Waals surface area contributed by atoms with E-state index in [1.165, 1.54) is 12.1 Å². The lowest BCUT2D eigenvalue weighted by molar-refractivity contribution is 0.594. The second-order valence-corrected chi connectivity index (χ2v) is 3.44. The molecule has 1 atom stereocenters. The van der Waals surface area contributed by atoms with Crippen molar-refractivity contribution in [1.82, 2.24) is 20.7 Å². The summed E-state index contributed by atoms with van der Waals surface area (Å²) in [5, 5.41) is 13.6. The molecule has 0 amide bonds. The van der Waals surface area contributed by atoms with Crippen molar-refractivity contribution in [3.63, 3.8) is 0 Å². The number of rotatable bonds is 4. The number of hydrogen-bond donors (Lipinski definition) is 2. The van der Waals surface area contributed by atoms with Gasteiger partial charge in [-0.3, -0.25) is 0 Å². The first-order valence-corrected chi connectivity index (χ1v) is 5.15. The SMILES string of the molecule is CCNC(c1cccc(F)c1)c1cn[nH]n1. The number of halogens is 1. The molecule has 84 valence electrons. The molecule has 0 spiro atoms. The molecule has 0 saturated heterocycles. The third kappa shape index (κ3) is 2.25. The van der Waals surface area contributed by atoms with Crippen LogP contribution >= 0.6 is 0 Å². The van der Waals surface area contributed by atoms with Crippen molar-refractivity contribution in [2.24, 2.45) is 0 Å². The van der Waals surface area contributed by atoms with Crippen LogP contribution in [0.25, 0.3) is 0 Å². The predicted octanol–water partition coefficient (Wildman–Crippen LogP) is 1.64. The van der Waals surface area contributed by atoms with Gasteiger partial charge in [0.1, 0.15) is 11.5 Å². The first-order valence-electron chi connectivity index (χ1n) is 5.15. The fourth-order valence-corrected chi connectivity index (χ4v) is 1.63. The molecule has 2 rings (SSSR count). The van der Waals surface area contributed by atoms with Crippen LogP contribution in [0.15, 0.2) is 30.5 Å². The van der Waals surface area contributed by atoms with Crippen LogP contribution in [0.1, 0.15) is 24.2 Å². The quantitative estimate of drug-likeness (QED) is 0.823. The van der Waals surface area contributed by atoms with Crippen LogP contribution < -0.4 is 5.32 Å². The second kappa shape index (κ2) is 4.85. The molecule has 1 unspecified atom stereocenters. The Bertz CT molecular complexity index is 441. The number of aromatic nitrogens is 3.